The molecule has 2 amide bonds. The van der Waals surface area contributed by atoms with Crippen molar-refractivity contribution in [1.29, 1.82) is 0 Å². The average Bonchev–Trinajstić information content (AvgIpc) is 3.13. The molecule has 1 aromatic carbocycles. The highest BCUT2D eigenvalue weighted by molar-refractivity contribution is 7.93. The second-order valence-corrected chi connectivity index (χ2v) is 11.7. The fourth-order valence-corrected chi connectivity index (χ4v) is 5.70. The highest BCUT2D eigenvalue weighted by Crippen LogP contribution is 2.38. The van der Waals surface area contributed by atoms with Gasteiger partial charge < -0.3 is 20.8 Å². The summed E-state index contributed by atoms with van der Waals surface area (Å²) in [6, 6.07) is 0.592. The second kappa shape index (κ2) is 10.0. The number of carbonyl (C=O) groups is 1. The Balaban J connectivity index is 2.60. The number of anilines is 2. The molecule has 0 fully saturated rings. The van der Waals surface area contributed by atoms with Gasteiger partial charge >= 0.3 is 6.03 Å². The summed E-state index contributed by atoms with van der Waals surface area (Å²) in [6.07, 6.45) is 0. The van der Waals surface area contributed by atoms with E-state index < -0.39 is 34.0 Å². The molecule has 184 valence electrons. The van der Waals surface area contributed by atoms with Crippen LogP contribution in [0.5, 0.6) is 0 Å². The minimum absolute atomic E-state index is 0.0312. The number of thiazole rings is 1. The Kier molecular flexibility index (Phi) is 8.23. The van der Waals surface area contributed by atoms with Gasteiger partial charge in [-0.1, -0.05) is 27.7 Å². The van der Waals surface area contributed by atoms with Crippen molar-refractivity contribution >= 4 is 38.7 Å². The van der Waals surface area contributed by atoms with E-state index in [1.165, 1.54) is 13.8 Å². The number of nitrogens with two attached hydrogens (primary N) is 1. The van der Waals surface area contributed by atoms with Crippen LogP contribution in [0, 0.1) is 5.82 Å². The molecule has 0 radical (unpaired) electrons. The molecule has 2 aromatic rings. The minimum Gasteiger partial charge on any atom is -0.390 e. The van der Waals surface area contributed by atoms with E-state index in [2.05, 4.69) is 20.0 Å². The van der Waals surface area contributed by atoms with Gasteiger partial charge in [0.05, 0.1) is 23.7 Å². The molecular weight excluding hydrogens is 469 g/mol. The maximum absolute atomic E-state index is 15.1. The Morgan fingerprint density at radius 2 is 1.94 bits per heavy atom. The molecule has 0 aliphatic heterocycles. The van der Waals surface area contributed by atoms with Crippen LogP contribution in [0.4, 0.5) is 20.6 Å². The van der Waals surface area contributed by atoms with Gasteiger partial charge in [-0.25, -0.2) is 23.5 Å². The molecule has 0 bridgehead atoms. The first-order valence-corrected chi connectivity index (χ1v) is 12.8. The number of benzene rings is 1. The quantitative estimate of drug-likeness (QED) is 0.383. The van der Waals surface area contributed by atoms with Crippen molar-refractivity contribution in [2.24, 2.45) is 9.50 Å². The van der Waals surface area contributed by atoms with Crippen LogP contribution >= 0.6 is 11.3 Å². The molecule has 33 heavy (non-hydrogen) atoms. The van der Waals surface area contributed by atoms with Crippen LogP contribution in [0.15, 0.2) is 14.6 Å². The lowest BCUT2D eigenvalue weighted by Crippen LogP contribution is -2.20. The Bertz CT molecular complexity index is 1160. The lowest BCUT2D eigenvalue weighted by Gasteiger charge is -2.22. The van der Waals surface area contributed by atoms with Gasteiger partial charge in [0.25, 0.3) is 0 Å². The standard InChI is InChI=1S/C21H32FN5O4S2/c1-10(2)12-8-13(24-7)16(22)15(11(3)4)17(12)26-20(29)27-33(23,31)18-14(9-28)25-19(32-18)21(5,6)30/h8,10-11,24,28,30H,9H2,1-7H3,(H3,23,26,27,29,31). The average molecular weight is 502 g/mol. The third-order valence-electron chi connectivity index (χ3n) is 4.85. The number of aliphatic hydroxyl groups is 2. The summed E-state index contributed by atoms with van der Waals surface area (Å²) in [5.74, 6) is -0.838. The second-order valence-electron chi connectivity index (χ2n) is 8.74. The van der Waals surface area contributed by atoms with Gasteiger partial charge in [-0.3, -0.25) is 0 Å². The number of nitrogens with one attached hydrogen (secondary N) is 2. The van der Waals surface area contributed by atoms with E-state index in [1.807, 2.05) is 13.8 Å². The number of halogens is 1. The first kappa shape index (κ1) is 27.1. The fourth-order valence-electron chi connectivity index (χ4n) is 3.24. The van der Waals surface area contributed by atoms with Crippen LogP contribution in [0.2, 0.25) is 0 Å². The van der Waals surface area contributed by atoms with E-state index in [0.717, 1.165) is 11.3 Å². The fraction of sp³-hybridized carbons (Fsp3) is 0.524. The Labute approximate surface area is 197 Å². The van der Waals surface area contributed by atoms with Crippen molar-refractivity contribution < 1.29 is 23.6 Å². The van der Waals surface area contributed by atoms with Crippen LogP contribution in [-0.2, 0) is 22.1 Å². The molecule has 1 aromatic heterocycles. The number of amides is 2. The highest BCUT2D eigenvalue weighted by atomic mass is 32.2. The number of carbonyl (C=O) groups excluding carboxylic acids is 1. The summed E-state index contributed by atoms with van der Waals surface area (Å²) >= 11 is 0.806. The zero-order valence-electron chi connectivity index (χ0n) is 19.8. The zero-order chi connectivity index (χ0) is 25.3. The molecular formula is C21H32FN5O4S2. The first-order valence-electron chi connectivity index (χ1n) is 10.4. The van der Waals surface area contributed by atoms with Crippen LogP contribution in [0.1, 0.15) is 75.2 Å². The van der Waals surface area contributed by atoms with Gasteiger partial charge in [-0.2, -0.15) is 0 Å². The zero-order valence-corrected chi connectivity index (χ0v) is 21.4. The van der Waals surface area contributed by atoms with Gasteiger partial charge in [-0.15, -0.1) is 15.7 Å². The van der Waals surface area contributed by atoms with Gasteiger partial charge in [0.15, 0.2) is 15.7 Å². The molecule has 1 heterocycles. The molecule has 1 atom stereocenters. The maximum Gasteiger partial charge on any atom is 0.354 e. The molecule has 2 rings (SSSR count). The van der Waals surface area contributed by atoms with E-state index in [-0.39, 0.29) is 38.0 Å². The summed E-state index contributed by atoms with van der Waals surface area (Å²) < 4.78 is 31.8. The summed E-state index contributed by atoms with van der Waals surface area (Å²) in [7, 11) is -2.20. The number of urea groups is 1. The lowest BCUT2D eigenvalue weighted by molar-refractivity contribution is 0.0779. The molecule has 0 saturated carbocycles. The smallest absolute Gasteiger partial charge is 0.354 e. The summed E-state index contributed by atoms with van der Waals surface area (Å²) in [4.78, 5) is 16.9. The Morgan fingerprint density at radius 3 is 2.39 bits per heavy atom. The third kappa shape index (κ3) is 5.87. The summed E-state index contributed by atoms with van der Waals surface area (Å²) in [5, 5.41) is 31.2. The van der Waals surface area contributed by atoms with Gasteiger partial charge in [-0.05, 0) is 37.3 Å². The van der Waals surface area contributed by atoms with E-state index in [9.17, 15) is 19.2 Å². The van der Waals surface area contributed by atoms with Crippen molar-refractivity contribution in [3.8, 4) is 0 Å². The highest BCUT2D eigenvalue weighted by Gasteiger charge is 2.28. The number of rotatable bonds is 7. The summed E-state index contributed by atoms with van der Waals surface area (Å²) in [6.45, 7) is 9.75. The first-order chi connectivity index (χ1) is 15.1. The molecule has 12 heteroatoms. The number of aromatic nitrogens is 1. The van der Waals surface area contributed by atoms with E-state index in [4.69, 9.17) is 5.14 Å². The van der Waals surface area contributed by atoms with Crippen LogP contribution in [0.3, 0.4) is 0 Å². The van der Waals surface area contributed by atoms with Crippen LogP contribution in [0.25, 0.3) is 0 Å². The van der Waals surface area contributed by atoms with Gasteiger partial charge in [0.2, 0.25) is 0 Å². The van der Waals surface area contributed by atoms with Crippen molar-refractivity contribution in [2.75, 3.05) is 17.7 Å². The maximum atomic E-state index is 15.1. The van der Waals surface area contributed by atoms with Crippen molar-refractivity contribution in [3.05, 3.63) is 33.7 Å². The number of hydrogen-bond donors (Lipinski definition) is 5. The number of aliphatic hydroxyl groups excluding tert-OH is 1. The topological polar surface area (TPSA) is 150 Å². The number of nitrogens with zero attached hydrogens (tertiary/aromatic N) is 2. The molecule has 9 nitrogen and oxygen atoms in total. The van der Waals surface area contributed by atoms with E-state index in [1.54, 1.807) is 27.0 Å². The summed E-state index contributed by atoms with van der Waals surface area (Å²) in [5.41, 5.74) is 0.123. The molecule has 0 saturated heterocycles. The predicted molar refractivity (Wildman–Crippen MR) is 129 cm³/mol. The predicted octanol–water partition coefficient (Wildman–Crippen LogP) is 4.22. The minimum atomic E-state index is -3.81. The largest absolute Gasteiger partial charge is 0.390 e. The Hall–Kier alpha value is -2.12. The van der Waals surface area contributed by atoms with Crippen LogP contribution < -0.4 is 15.8 Å². The normalized spacial score (nSPS) is 13.8. The third-order valence-corrected chi connectivity index (χ3v) is 8.23. The molecule has 0 spiro atoms. The van der Waals surface area contributed by atoms with E-state index in [0.29, 0.717) is 11.3 Å². The lowest BCUT2D eigenvalue weighted by atomic mass is 9.91. The van der Waals surface area contributed by atoms with Gasteiger partial charge in [0, 0.05) is 12.6 Å². The van der Waals surface area contributed by atoms with Crippen molar-refractivity contribution in [1.82, 2.24) is 4.98 Å². The van der Waals surface area contributed by atoms with Crippen molar-refractivity contribution in [3.63, 3.8) is 0 Å². The SMILES string of the molecule is CNc1cc(C(C)C)c(NC(=O)N=S(N)(=O)c2sc(C(C)(C)O)nc2CO)c(C(C)C)c1F. The molecule has 1 unspecified atom stereocenters. The van der Waals surface area contributed by atoms with Crippen LogP contribution in [-0.4, -0.2) is 32.5 Å². The Morgan fingerprint density at radius 1 is 1.33 bits per heavy atom. The van der Waals surface area contributed by atoms with Crippen molar-refractivity contribution in [2.45, 2.75) is 69.8 Å². The molecule has 6 N–H and O–H groups in total. The monoisotopic (exact) mass is 501 g/mol. The molecule has 0 aliphatic carbocycles. The molecule has 0 aliphatic rings. The van der Waals surface area contributed by atoms with E-state index >= 15 is 4.39 Å². The van der Waals surface area contributed by atoms with Gasteiger partial charge in [0.1, 0.15) is 14.8 Å². The number of hydrogen-bond acceptors (Lipinski definition) is 7.